The third kappa shape index (κ3) is 7.49. The zero-order valence-corrected chi connectivity index (χ0v) is 23.2. The molecule has 1 fully saturated rings. The van der Waals surface area contributed by atoms with Crippen LogP contribution in [0.25, 0.3) is 11.1 Å². The summed E-state index contributed by atoms with van der Waals surface area (Å²) in [5, 5.41) is 13.7. The number of anilines is 1. The van der Waals surface area contributed by atoms with Gasteiger partial charge in [0.25, 0.3) is 5.91 Å². The van der Waals surface area contributed by atoms with E-state index in [1.807, 2.05) is 60.0 Å². The highest BCUT2D eigenvalue weighted by molar-refractivity contribution is 5.90. The molecule has 2 amide bonds. The summed E-state index contributed by atoms with van der Waals surface area (Å²) in [5.74, 6) is -1.19. The van der Waals surface area contributed by atoms with E-state index in [1.54, 1.807) is 23.9 Å². The molecule has 43 heavy (non-hydrogen) atoms. The maximum atomic E-state index is 15.1. The molecule has 3 aromatic carbocycles. The predicted octanol–water partition coefficient (Wildman–Crippen LogP) is 4.14. The van der Waals surface area contributed by atoms with Crippen molar-refractivity contribution < 1.29 is 32.2 Å². The minimum atomic E-state index is -3.16. The number of hydrogen-bond acceptors (Lipinski definition) is 7. The molecule has 13 heteroatoms. The number of aromatic nitrogens is 3. The molecular formula is C30H29F3N6O4. The summed E-state index contributed by atoms with van der Waals surface area (Å²) in [4.78, 5) is 24.5. The lowest BCUT2D eigenvalue weighted by Gasteiger charge is -2.15. The van der Waals surface area contributed by atoms with Gasteiger partial charge in [-0.1, -0.05) is 41.6 Å². The van der Waals surface area contributed by atoms with Crippen molar-refractivity contribution in [1.29, 1.82) is 0 Å². The van der Waals surface area contributed by atoms with Gasteiger partial charge in [-0.25, -0.2) is 13.9 Å². The van der Waals surface area contributed by atoms with Crippen LogP contribution in [-0.4, -0.2) is 59.7 Å². The van der Waals surface area contributed by atoms with Gasteiger partial charge in [0.2, 0.25) is 0 Å². The number of alkyl halides is 2. The van der Waals surface area contributed by atoms with Crippen molar-refractivity contribution >= 4 is 17.7 Å². The van der Waals surface area contributed by atoms with Gasteiger partial charge in [0, 0.05) is 18.7 Å². The number of carbonyl (C=O) groups excluding carboxylic acids is 2. The number of methoxy groups -OCH3 is 1. The summed E-state index contributed by atoms with van der Waals surface area (Å²) in [6.45, 7) is 1.42. The van der Waals surface area contributed by atoms with Gasteiger partial charge in [0.15, 0.2) is 0 Å². The third-order valence-electron chi connectivity index (χ3n) is 6.83. The summed E-state index contributed by atoms with van der Waals surface area (Å²) in [7, 11) is 1.63. The molecule has 1 atom stereocenters. The minimum absolute atomic E-state index is 0.0121. The van der Waals surface area contributed by atoms with Crippen molar-refractivity contribution in [3.8, 4) is 16.9 Å². The lowest BCUT2D eigenvalue weighted by molar-refractivity contribution is -0.132. The molecule has 0 unspecified atom stereocenters. The topological polar surface area (TPSA) is 111 Å². The van der Waals surface area contributed by atoms with Crippen LogP contribution in [0.2, 0.25) is 0 Å². The Morgan fingerprint density at radius 2 is 1.81 bits per heavy atom. The fourth-order valence-electron chi connectivity index (χ4n) is 4.59. The van der Waals surface area contributed by atoms with Crippen LogP contribution in [0.3, 0.4) is 0 Å². The molecule has 1 aliphatic rings. The Labute approximate surface area is 245 Å². The van der Waals surface area contributed by atoms with Crippen molar-refractivity contribution in [1.82, 2.24) is 25.6 Å². The molecule has 1 saturated heterocycles. The van der Waals surface area contributed by atoms with E-state index in [4.69, 9.17) is 9.47 Å². The normalized spacial score (nSPS) is 14.7. The minimum Gasteiger partial charge on any atom is -0.497 e. The van der Waals surface area contributed by atoms with Gasteiger partial charge in [-0.2, -0.15) is 8.78 Å². The Hall–Kier alpha value is -4.91. The lowest BCUT2D eigenvalue weighted by atomic mass is 10.0. The van der Waals surface area contributed by atoms with E-state index in [9.17, 15) is 18.4 Å². The number of ether oxygens (including phenoxy) is 2. The van der Waals surface area contributed by atoms with E-state index in [-0.39, 0.29) is 18.8 Å². The molecule has 0 saturated carbocycles. The quantitative estimate of drug-likeness (QED) is 0.254. The van der Waals surface area contributed by atoms with Crippen molar-refractivity contribution in [3.05, 3.63) is 95.6 Å². The molecule has 0 bridgehead atoms. The average Bonchev–Trinajstić information content (AvgIpc) is 3.62. The van der Waals surface area contributed by atoms with E-state index >= 15 is 4.39 Å². The number of halogens is 3. The average molecular weight is 595 g/mol. The van der Waals surface area contributed by atoms with Crippen molar-refractivity contribution in [2.75, 3.05) is 25.1 Å². The number of carbonyl (C=O) groups is 2. The van der Waals surface area contributed by atoms with Crippen LogP contribution in [0, 0.1) is 5.82 Å². The number of hydrogen-bond donors (Lipinski definition) is 2. The Morgan fingerprint density at radius 3 is 2.51 bits per heavy atom. The fraction of sp³-hybridized carbons (Fsp3) is 0.267. The Morgan fingerprint density at radius 1 is 1.07 bits per heavy atom. The van der Waals surface area contributed by atoms with Crippen LogP contribution in [0.15, 0.2) is 72.9 Å². The van der Waals surface area contributed by atoms with Gasteiger partial charge >= 0.3 is 12.5 Å². The van der Waals surface area contributed by atoms with Crippen molar-refractivity contribution in [2.24, 2.45) is 0 Å². The van der Waals surface area contributed by atoms with E-state index in [2.05, 4.69) is 15.6 Å². The van der Waals surface area contributed by atoms with Crippen LogP contribution in [0.1, 0.15) is 16.8 Å². The van der Waals surface area contributed by atoms with E-state index in [0.717, 1.165) is 22.6 Å². The number of benzene rings is 3. The second kappa shape index (κ2) is 13.4. The molecule has 10 nitrogen and oxygen atoms in total. The van der Waals surface area contributed by atoms with Crippen LogP contribution in [-0.2, 0) is 29.2 Å². The molecule has 4 aromatic rings. The molecule has 0 aliphatic carbocycles. The van der Waals surface area contributed by atoms with Crippen LogP contribution in [0.4, 0.5) is 23.7 Å². The van der Waals surface area contributed by atoms with Crippen molar-refractivity contribution in [3.63, 3.8) is 0 Å². The second-order valence-corrected chi connectivity index (χ2v) is 9.88. The van der Waals surface area contributed by atoms with Gasteiger partial charge < -0.3 is 20.1 Å². The van der Waals surface area contributed by atoms with Crippen LogP contribution >= 0.6 is 0 Å². The van der Waals surface area contributed by atoms with E-state index in [1.165, 1.54) is 11.0 Å². The molecule has 5 rings (SSSR count). The maximum Gasteiger partial charge on any atom is 0.414 e. The maximum absolute atomic E-state index is 15.1. The van der Waals surface area contributed by atoms with Gasteiger partial charge in [-0.3, -0.25) is 9.69 Å². The number of rotatable bonds is 12. The smallest absolute Gasteiger partial charge is 0.414 e. The first-order valence-corrected chi connectivity index (χ1v) is 13.4. The molecule has 1 aliphatic heterocycles. The first-order valence-electron chi connectivity index (χ1n) is 13.4. The standard InChI is InChI=1S/C30H29F3N6O4/c1-42-24-9-4-20(5-10-24)16-38-17-22(36-37-38)14-34-13-19-2-6-21(7-3-19)26-11-8-23(12-27(26)31)39-18-25(43-30(39)41)15-35-29(40)28(32)33/h2-12,17,25,28,34H,13-16,18H2,1H3,(H,35,40)/t25-/m0/s1. The number of nitrogens with zero attached hydrogens (tertiary/aromatic N) is 4. The fourth-order valence-corrected chi connectivity index (χ4v) is 4.59. The molecule has 1 aromatic heterocycles. The van der Waals surface area contributed by atoms with Gasteiger partial charge in [0.1, 0.15) is 17.7 Å². The Kier molecular flexibility index (Phi) is 9.20. The molecule has 2 N–H and O–H groups in total. The highest BCUT2D eigenvalue weighted by atomic mass is 19.3. The zero-order chi connectivity index (χ0) is 30.3. The van der Waals surface area contributed by atoms with Gasteiger partial charge in [-0.05, 0) is 47.0 Å². The summed E-state index contributed by atoms with van der Waals surface area (Å²) < 4.78 is 51.9. The SMILES string of the molecule is COc1ccc(Cn2cc(CNCc3ccc(-c4ccc(N5C[C@H](CNC(=O)C(F)F)OC5=O)cc4F)cc3)nn2)cc1. The molecule has 2 heterocycles. The summed E-state index contributed by atoms with van der Waals surface area (Å²) in [6, 6.07) is 19.5. The van der Waals surface area contributed by atoms with Crippen LogP contribution < -0.4 is 20.3 Å². The lowest BCUT2D eigenvalue weighted by Crippen LogP contribution is -2.37. The summed E-state index contributed by atoms with van der Waals surface area (Å²) in [5.41, 5.74) is 4.15. The molecular weight excluding hydrogens is 565 g/mol. The Balaban J connectivity index is 1.12. The number of nitrogens with one attached hydrogen (secondary N) is 2. The second-order valence-electron chi connectivity index (χ2n) is 9.88. The van der Waals surface area contributed by atoms with E-state index in [0.29, 0.717) is 30.8 Å². The van der Waals surface area contributed by atoms with E-state index < -0.39 is 30.3 Å². The molecule has 0 spiro atoms. The molecule has 0 radical (unpaired) electrons. The summed E-state index contributed by atoms with van der Waals surface area (Å²) >= 11 is 0. The zero-order valence-electron chi connectivity index (χ0n) is 23.2. The van der Waals surface area contributed by atoms with Gasteiger partial charge in [0.05, 0.1) is 44.3 Å². The highest BCUT2D eigenvalue weighted by Crippen LogP contribution is 2.29. The number of cyclic esters (lactones) is 1. The predicted molar refractivity (Wildman–Crippen MR) is 151 cm³/mol. The van der Waals surface area contributed by atoms with Crippen LogP contribution in [0.5, 0.6) is 5.75 Å². The number of amides is 2. The van der Waals surface area contributed by atoms with Gasteiger partial charge in [-0.15, -0.1) is 5.10 Å². The Bertz CT molecular complexity index is 1560. The highest BCUT2D eigenvalue weighted by Gasteiger charge is 2.33. The third-order valence-corrected chi connectivity index (χ3v) is 6.83. The molecule has 224 valence electrons. The monoisotopic (exact) mass is 594 g/mol. The summed E-state index contributed by atoms with van der Waals surface area (Å²) in [6.07, 6.45) is -2.85. The largest absolute Gasteiger partial charge is 0.497 e. The van der Waals surface area contributed by atoms with Crippen molar-refractivity contribution in [2.45, 2.75) is 32.2 Å². The first kappa shape index (κ1) is 29.6. The first-order chi connectivity index (χ1) is 20.8.